The lowest BCUT2D eigenvalue weighted by molar-refractivity contribution is -0.116. The summed E-state index contributed by atoms with van der Waals surface area (Å²) in [4.78, 5) is 28.0. The summed E-state index contributed by atoms with van der Waals surface area (Å²) in [5, 5.41) is 4.09. The molecule has 1 amide bonds. The van der Waals surface area contributed by atoms with E-state index in [0.717, 1.165) is 53.4 Å². The first-order valence-electron chi connectivity index (χ1n) is 12.7. The van der Waals surface area contributed by atoms with Gasteiger partial charge in [0.25, 0.3) is 0 Å². The largest absolute Gasteiger partial charge is 0.496 e. The van der Waals surface area contributed by atoms with Gasteiger partial charge in [0.1, 0.15) is 5.75 Å². The lowest BCUT2D eigenvalue weighted by Gasteiger charge is -2.21. The third-order valence-electron chi connectivity index (χ3n) is 6.69. The molecule has 6 nitrogen and oxygen atoms in total. The third kappa shape index (κ3) is 6.20. The Morgan fingerprint density at radius 1 is 0.946 bits per heavy atom. The van der Waals surface area contributed by atoms with Gasteiger partial charge in [-0.05, 0) is 54.3 Å². The van der Waals surface area contributed by atoms with E-state index in [-0.39, 0.29) is 11.8 Å². The topological polar surface area (TPSA) is 80.4 Å². The number of hydrogen-bond acceptors (Lipinski definition) is 4. The van der Waals surface area contributed by atoms with Crippen LogP contribution in [0.3, 0.4) is 0 Å². The molecule has 6 heteroatoms. The van der Waals surface area contributed by atoms with Gasteiger partial charge in [0, 0.05) is 40.7 Å². The second kappa shape index (κ2) is 12.3. The van der Waals surface area contributed by atoms with Crippen molar-refractivity contribution in [3.05, 3.63) is 95.2 Å². The zero-order valence-corrected chi connectivity index (χ0v) is 21.7. The molecule has 0 aliphatic rings. The van der Waals surface area contributed by atoms with Crippen molar-refractivity contribution in [3.8, 4) is 5.75 Å². The van der Waals surface area contributed by atoms with E-state index in [1.165, 1.54) is 12.7 Å². The standard InChI is InChI=1S/C31H34N2O4/c1-4-5-7-12-30(34)33-23-14-16-28-26(19-23)27(20-32-28)25(17-21-10-8-6-9-11-21)24-15-13-22(31(35)37-3)18-29(24)36-2/h6,8-11,13-16,18-20,25,32H,4-5,7,12,17H2,1-3H3,(H,33,34). The minimum atomic E-state index is -0.407. The summed E-state index contributed by atoms with van der Waals surface area (Å²) in [5.74, 6) is 0.188. The minimum Gasteiger partial charge on any atom is -0.496 e. The predicted octanol–water partition coefficient (Wildman–Crippen LogP) is 6.86. The molecule has 37 heavy (non-hydrogen) atoms. The van der Waals surface area contributed by atoms with Crippen molar-refractivity contribution >= 4 is 28.5 Å². The Bertz CT molecular complexity index is 1360. The highest BCUT2D eigenvalue weighted by Crippen LogP contribution is 2.39. The summed E-state index contributed by atoms with van der Waals surface area (Å²) >= 11 is 0. The number of esters is 1. The number of rotatable bonds is 11. The smallest absolute Gasteiger partial charge is 0.337 e. The number of hydrogen-bond donors (Lipinski definition) is 2. The molecule has 1 aromatic heterocycles. The molecule has 0 bridgehead atoms. The Labute approximate surface area is 218 Å². The molecule has 0 saturated carbocycles. The van der Waals surface area contributed by atoms with E-state index >= 15 is 0 Å². The van der Waals surface area contributed by atoms with Crippen LogP contribution < -0.4 is 10.1 Å². The van der Waals surface area contributed by atoms with Crippen molar-refractivity contribution in [2.24, 2.45) is 0 Å². The maximum absolute atomic E-state index is 12.5. The molecule has 1 heterocycles. The van der Waals surface area contributed by atoms with Crippen LogP contribution in [0.2, 0.25) is 0 Å². The van der Waals surface area contributed by atoms with Gasteiger partial charge in [-0.1, -0.05) is 56.2 Å². The maximum atomic E-state index is 12.5. The van der Waals surface area contributed by atoms with E-state index in [9.17, 15) is 9.59 Å². The minimum absolute atomic E-state index is 0.0331. The molecule has 0 saturated heterocycles. The highest BCUT2D eigenvalue weighted by atomic mass is 16.5. The summed E-state index contributed by atoms with van der Waals surface area (Å²) in [7, 11) is 2.98. The number of ether oxygens (including phenoxy) is 2. The number of aromatic amines is 1. The highest BCUT2D eigenvalue weighted by Gasteiger charge is 2.24. The molecule has 0 spiro atoms. The second-order valence-electron chi connectivity index (χ2n) is 9.20. The Balaban J connectivity index is 1.75. The van der Waals surface area contributed by atoms with Gasteiger partial charge in [-0.2, -0.15) is 0 Å². The molecule has 4 aromatic rings. The molecule has 1 unspecified atom stereocenters. The average Bonchev–Trinajstić information content (AvgIpc) is 3.34. The molecule has 3 aromatic carbocycles. The molecule has 4 rings (SSSR count). The second-order valence-corrected chi connectivity index (χ2v) is 9.20. The summed E-state index contributed by atoms with van der Waals surface area (Å²) in [6.07, 6.45) is 6.30. The number of carbonyl (C=O) groups excluding carboxylic acids is 2. The van der Waals surface area contributed by atoms with E-state index in [2.05, 4.69) is 29.4 Å². The van der Waals surface area contributed by atoms with Crippen LogP contribution in [0.15, 0.2) is 72.9 Å². The van der Waals surface area contributed by atoms with Crippen molar-refractivity contribution < 1.29 is 19.1 Å². The molecule has 2 N–H and O–H groups in total. The molecular weight excluding hydrogens is 464 g/mol. The normalized spacial score (nSPS) is 11.8. The number of amides is 1. The Morgan fingerprint density at radius 2 is 1.76 bits per heavy atom. The molecule has 192 valence electrons. The van der Waals surface area contributed by atoms with Crippen molar-refractivity contribution in [1.82, 2.24) is 4.98 Å². The van der Waals surface area contributed by atoms with Crippen molar-refractivity contribution in [2.45, 2.75) is 44.9 Å². The Hall–Kier alpha value is -4.06. The van der Waals surface area contributed by atoms with Gasteiger partial charge in [-0.25, -0.2) is 4.79 Å². The lowest BCUT2D eigenvalue weighted by Crippen LogP contribution is -2.11. The van der Waals surface area contributed by atoms with Gasteiger partial charge in [0.05, 0.1) is 19.8 Å². The van der Waals surface area contributed by atoms with Crippen LogP contribution in [0, 0.1) is 0 Å². The molecule has 1 atom stereocenters. The first-order chi connectivity index (χ1) is 18.0. The molecule has 0 aliphatic heterocycles. The van der Waals surface area contributed by atoms with Gasteiger partial charge in [0.2, 0.25) is 5.91 Å². The summed E-state index contributed by atoms with van der Waals surface area (Å²) in [5.41, 5.74) is 5.44. The van der Waals surface area contributed by atoms with E-state index in [4.69, 9.17) is 9.47 Å². The monoisotopic (exact) mass is 498 g/mol. The van der Waals surface area contributed by atoms with Gasteiger partial charge in [-0.3, -0.25) is 4.79 Å². The number of carbonyl (C=O) groups is 2. The number of methoxy groups -OCH3 is 2. The van der Waals surface area contributed by atoms with E-state index in [0.29, 0.717) is 17.7 Å². The molecule has 0 aliphatic carbocycles. The van der Waals surface area contributed by atoms with Crippen LogP contribution >= 0.6 is 0 Å². The van der Waals surface area contributed by atoms with Gasteiger partial charge in [0.15, 0.2) is 0 Å². The first-order valence-corrected chi connectivity index (χ1v) is 12.7. The van der Waals surface area contributed by atoms with Crippen LogP contribution in [0.1, 0.15) is 65.6 Å². The summed E-state index contributed by atoms with van der Waals surface area (Å²) < 4.78 is 10.7. The fourth-order valence-electron chi connectivity index (χ4n) is 4.75. The molecule has 0 radical (unpaired) electrons. The molecular formula is C31H34N2O4. The van der Waals surface area contributed by atoms with E-state index in [1.54, 1.807) is 19.2 Å². The number of aromatic nitrogens is 1. The van der Waals surface area contributed by atoms with Gasteiger partial charge in [-0.15, -0.1) is 0 Å². The third-order valence-corrected chi connectivity index (χ3v) is 6.69. The zero-order chi connectivity index (χ0) is 26.2. The van der Waals surface area contributed by atoms with Crippen molar-refractivity contribution in [2.75, 3.05) is 19.5 Å². The maximum Gasteiger partial charge on any atom is 0.337 e. The number of benzene rings is 3. The number of anilines is 1. The van der Waals surface area contributed by atoms with Crippen molar-refractivity contribution in [1.29, 1.82) is 0 Å². The highest BCUT2D eigenvalue weighted by molar-refractivity contribution is 5.95. The van der Waals surface area contributed by atoms with Gasteiger partial charge < -0.3 is 19.8 Å². The average molecular weight is 499 g/mol. The van der Waals surface area contributed by atoms with E-state index < -0.39 is 5.97 Å². The van der Waals surface area contributed by atoms with Crippen LogP contribution in [0.25, 0.3) is 10.9 Å². The van der Waals surface area contributed by atoms with Crippen LogP contribution in [-0.2, 0) is 16.0 Å². The SMILES string of the molecule is CCCCCC(=O)Nc1ccc2[nH]cc(C(Cc3ccccc3)c3ccc(C(=O)OC)cc3OC)c2c1. The quantitative estimate of drug-likeness (QED) is 0.175. The summed E-state index contributed by atoms with van der Waals surface area (Å²) in [6.45, 7) is 2.13. The Morgan fingerprint density at radius 3 is 2.49 bits per heavy atom. The molecule has 0 fully saturated rings. The Kier molecular flexibility index (Phi) is 8.62. The fourth-order valence-corrected chi connectivity index (χ4v) is 4.75. The van der Waals surface area contributed by atoms with Crippen LogP contribution in [0.5, 0.6) is 5.75 Å². The number of H-pyrrole nitrogens is 1. The van der Waals surface area contributed by atoms with Crippen molar-refractivity contribution in [3.63, 3.8) is 0 Å². The lowest BCUT2D eigenvalue weighted by atomic mass is 9.84. The number of nitrogens with one attached hydrogen (secondary N) is 2. The zero-order valence-electron chi connectivity index (χ0n) is 21.7. The fraction of sp³-hybridized carbons (Fsp3) is 0.290. The van der Waals surface area contributed by atoms with Gasteiger partial charge >= 0.3 is 5.97 Å². The van der Waals surface area contributed by atoms with Crippen LogP contribution in [0.4, 0.5) is 5.69 Å². The first kappa shape index (κ1) is 26.0. The number of fused-ring (bicyclic) bond motifs is 1. The van der Waals surface area contributed by atoms with Crippen LogP contribution in [-0.4, -0.2) is 31.1 Å². The predicted molar refractivity (Wildman–Crippen MR) is 147 cm³/mol. The number of unbranched alkanes of at least 4 members (excludes halogenated alkanes) is 2. The van der Waals surface area contributed by atoms with E-state index in [1.807, 2.05) is 48.7 Å². The summed E-state index contributed by atoms with van der Waals surface area (Å²) in [6, 6.07) is 21.7.